The number of ether oxygens (including phenoxy) is 1. The van der Waals surface area contributed by atoms with Gasteiger partial charge < -0.3 is 20.3 Å². The van der Waals surface area contributed by atoms with Crippen molar-refractivity contribution in [1.29, 1.82) is 0 Å². The van der Waals surface area contributed by atoms with Crippen molar-refractivity contribution >= 4 is 11.9 Å². The first kappa shape index (κ1) is 59.3. The molecule has 0 aromatic heterocycles. The predicted molar refractivity (Wildman–Crippen MR) is 268 cm³/mol. The predicted octanol–water partition coefficient (Wildman–Crippen LogP) is 15.8. The van der Waals surface area contributed by atoms with Gasteiger partial charge in [-0.25, -0.2) is 0 Å². The molecule has 0 spiro atoms. The van der Waals surface area contributed by atoms with Crippen molar-refractivity contribution in [3.05, 3.63) is 72.9 Å². The summed E-state index contributed by atoms with van der Waals surface area (Å²) in [6, 6.07) is -0.721. The second-order valence-electron chi connectivity index (χ2n) is 17.5. The molecule has 0 fully saturated rings. The summed E-state index contributed by atoms with van der Waals surface area (Å²) in [6.45, 7) is 6.32. The number of carbonyl (C=O) groups excluding carboxylic acids is 2. The van der Waals surface area contributed by atoms with E-state index in [-0.39, 0.29) is 24.9 Å². The van der Waals surface area contributed by atoms with Crippen LogP contribution >= 0.6 is 0 Å². The fourth-order valence-electron chi connectivity index (χ4n) is 7.57. The Balaban J connectivity index is 4.62. The maximum Gasteiger partial charge on any atom is 0.306 e. The first-order chi connectivity index (χ1) is 30.5. The summed E-state index contributed by atoms with van der Waals surface area (Å²) >= 11 is 0. The number of allylic oxidation sites excluding steroid dienone is 12. The summed E-state index contributed by atoms with van der Waals surface area (Å²) in [4.78, 5) is 26.1. The average molecular weight is 866 g/mol. The van der Waals surface area contributed by atoms with Crippen LogP contribution in [0.2, 0.25) is 0 Å². The third-order valence-corrected chi connectivity index (χ3v) is 11.5. The molecule has 1 amide bonds. The molecule has 0 aromatic rings. The Morgan fingerprint density at radius 3 is 1.39 bits per heavy atom. The van der Waals surface area contributed by atoms with Crippen LogP contribution in [0.3, 0.4) is 0 Å². The van der Waals surface area contributed by atoms with E-state index in [2.05, 4.69) is 99.0 Å². The molecule has 0 bridgehead atoms. The number of esters is 1. The molecular weight excluding hydrogens is 767 g/mol. The highest BCUT2D eigenvalue weighted by atomic mass is 16.5. The van der Waals surface area contributed by atoms with Crippen LogP contribution in [-0.2, 0) is 14.3 Å². The van der Waals surface area contributed by atoms with Crippen molar-refractivity contribution in [3.63, 3.8) is 0 Å². The normalized spacial score (nSPS) is 13.8. The van der Waals surface area contributed by atoms with E-state index in [9.17, 15) is 19.8 Å². The third-order valence-electron chi connectivity index (χ3n) is 11.5. The Hall–Kier alpha value is -2.70. The van der Waals surface area contributed by atoms with Crippen LogP contribution in [0.4, 0.5) is 0 Å². The number of hydrogen-bond acceptors (Lipinski definition) is 5. The second-order valence-corrected chi connectivity index (χ2v) is 17.5. The smallest absolute Gasteiger partial charge is 0.306 e. The molecule has 0 aliphatic rings. The van der Waals surface area contributed by atoms with Gasteiger partial charge in [0.25, 0.3) is 0 Å². The Bertz CT molecular complexity index is 1150. The average Bonchev–Trinajstić information content (AvgIpc) is 3.26. The SMILES string of the molecule is CC/C=C/C/C=C/C/C=C/C/C=C/CCCC(CC(=O)NC(CO)C(O)CCCCCCCCCCCC)OC(=O)CCCCCCCCCCC/C=C\C/C=C\CCCCC. The van der Waals surface area contributed by atoms with Crippen LogP contribution in [-0.4, -0.2) is 46.9 Å². The lowest BCUT2D eigenvalue weighted by Gasteiger charge is -2.24. The Morgan fingerprint density at radius 1 is 0.484 bits per heavy atom. The minimum Gasteiger partial charge on any atom is -0.462 e. The minimum atomic E-state index is -0.804. The van der Waals surface area contributed by atoms with E-state index in [0.29, 0.717) is 19.3 Å². The minimum absolute atomic E-state index is 0.0360. The number of aliphatic hydroxyl groups is 2. The van der Waals surface area contributed by atoms with Gasteiger partial charge in [-0.2, -0.15) is 0 Å². The lowest BCUT2D eigenvalue weighted by molar-refractivity contribution is -0.151. The molecule has 0 heterocycles. The van der Waals surface area contributed by atoms with E-state index in [4.69, 9.17) is 4.74 Å². The highest BCUT2D eigenvalue weighted by Crippen LogP contribution is 2.17. The van der Waals surface area contributed by atoms with Gasteiger partial charge in [-0.3, -0.25) is 9.59 Å². The molecule has 62 heavy (non-hydrogen) atoms. The molecule has 6 nitrogen and oxygen atoms in total. The lowest BCUT2D eigenvalue weighted by atomic mass is 10.0. The van der Waals surface area contributed by atoms with Crippen LogP contribution in [0.5, 0.6) is 0 Å². The number of nitrogens with one attached hydrogen (secondary N) is 1. The molecule has 358 valence electrons. The Labute approximate surface area is 383 Å². The van der Waals surface area contributed by atoms with Gasteiger partial charge in [0.05, 0.1) is 25.2 Å². The van der Waals surface area contributed by atoms with Gasteiger partial charge in [0.2, 0.25) is 5.91 Å². The first-order valence-corrected chi connectivity index (χ1v) is 26.2. The monoisotopic (exact) mass is 866 g/mol. The summed E-state index contributed by atoms with van der Waals surface area (Å²) in [5, 5.41) is 23.7. The summed E-state index contributed by atoms with van der Waals surface area (Å²) in [5.41, 5.74) is 0. The van der Waals surface area contributed by atoms with Gasteiger partial charge in [-0.15, -0.1) is 0 Å². The lowest BCUT2D eigenvalue weighted by Crippen LogP contribution is -2.46. The number of carbonyl (C=O) groups is 2. The van der Waals surface area contributed by atoms with E-state index in [1.807, 2.05) is 0 Å². The number of rotatable bonds is 46. The standard InChI is InChI=1S/C56H99NO5/c1-4-7-10-13-16-19-22-24-26-27-28-29-30-32-34-37-40-43-46-49-56(61)62-52(47-44-41-38-35-33-31-25-23-20-17-14-11-8-5-2)50-55(60)57-53(51-58)54(59)48-45-42-39-36-21-18-15-12-9-6-3/h8,11,16-17,19-20,24-26,31,35,38,52-54,58-59H,4-7,9-10,12-15,18,21-23,27-30,32-34,36-37,39-51H2,1-3H3,(H,57,60)/b11-8+,19-16-,20-17+,26-24-,31-25+,38-35+. The largest absolute Gasteiger partial charge is 0.462 e. The summed E-state index contributed by atoms with van der Waals surface area (Å²) in [5.74, 6) is -0.534. The van der Waals surface area contributed by atoms with E-state index in [1.165, 1.54) is 116 Å². The van der Waals surface area contributed by atoms with Crippen molar-refractivity contribution in [1.82, 2.24) is 5.32 Å². The highest BCUT2D eigenvalue weighted by molar-refractivity contribution is 5.77. The number of unbranched alkanes of at least 4 members (excludes halogenated alkanes) is 22. The van der Waals surface area contributed by atoms with Crippen molar-refractivity contribution in [2.24, 2.45) is 0 Å². The molecule has 3 N–H and O–H groups in total. The van der Waals surface area contributed by atoms with Crippen molar-refractivity contribution in [2.45, 2.75) is 264 Å². The molecule has 0 aliphatic carbocycles. The van der Waals surface area contributed by atoms with E-state index >= 15 is 0 Å². The molecule has 0 saturated carbocycles. The number of aliphatic hydroxyl groups excluding tert-OH is 2. The quantitative estimate of drug-likeness (QED) is 0.0322. The zero-order valence-electron chi connectivity index (χ0n) is 40.7. The molecule has 0 aliphatic heterocycles. The summed E-state index contributed by atoms with van der Waals surface area (Å²) in [7, 11) is 0. The Morgan fingerprint density at radius 2 is 0.887 bits per heavy atom. The molecule has 0 rings (SSSR count). The van der Waals surface area contributed by atoms with E-state index in [0.717, 1.165) is 83.5 Å². The van der Waals surface area contributed by atoms with Crippen LogP contribution in [0.15, 0.2) is 72.9 Å². The molecule has 6 heteroatoms. The first-order valence-electron chi connectivity index (χ1n) is 26.2. The van der Waals surface area contributed by atoms with Crippen LogP contribution < -0.4 is 5.32 Å². The zero-order valence-corrected chi connectivity index (χ0v) is 40.7. The maximum atomic E-state index is 13.2. The summed E-state index contributed by atoms with van der Waals surface area (Å²) in [6.07, 6.45) is 62.5. The van der Waals surface area contributed by atoms with Crippen LogP contribution in [0.1, 0.15) is 245 Å². The van der Waals surface area contributed by atoms with Gasteiger partial charge in [0.15, 0.2) is 0 Å². The van der Waals surface area contributed by atoms with Gasteiger partial charge in [0.1, 0.15) is 6.10 Å². The van der Waals surface area contributed by atoms with Crippen molar-refractivity contribution in [2.75, 3.05) is 6.61 Å². The van der Waals surface area contributed by atoms with Crippen molar-refractivity contribution < 1.29 is 24.5 Å². The number of hydrogen-bond donors (Lipinski definition) is 3. The van der Waals surface area contributed by atoms with Crippen molar-refractivity contribution in [3.8, 4) is 0 Å². The second kappa shape index (κ2) is 49.3. The topological polar surface area (TPSA) is 95.9 Å². The van der Waals surface area contributed by atoms with Crippen LogP contribution in [0, 0.1) is 0 Å². The zero-order chi connectivity index (χ0) is 45.2. The number of amides is 1. The molecule has 3 unspecified atom stereocenters. The molecule has 3 atom stereocenters. The molecular formula is C56H99NO5. The fraction of sp³-hybridized carbons (Fsp3) is 0.750. The molecule has 0 saturated heterocycles. The van der Waals surface area contributed by atoms with E-state index < -0.39 is 18.2 Å². The van der Waals surface area contributed by atoms with Crippen LogP contribution in [0.25, 0.3) is 0 Å². The summed E-state index contributed by atoms with van der Waals surface area (Å²) < 4.78 is 5.91. The van der Waals surface area contributed by atoms with Gasteiger partial charge in [0, 0.05) is 6.42 Å². The Kier molecular flexibility index (Phi) is 47.2. The van der Waals surface area contributed by atoms with Gasteiger partial charge in [-0.05, 0) is 89.9 Å². The maximum absolute atomic E-state index is 13.2. The highest BCUT2D eigenvalue weighted by Gasteiger charge is 2.24. The van der Waals surface area contributed by atoms with Gasteiger partial charge in [-0.1, -0.05) is 216 Å². The molecule has 0 aromatic carbocycles. The third kappa shape index (κ3) is 43.9. The fourth-order valence-corrected chi connectivity index (χ4v) is 7.57. The van der Waals surface area contributed by atoms with Gasteiger partial charge >= 0.3 is 5.97 Å². The van der Waals surface area contributed by atoms with E-state index in [1.54, 1.807) is 0 Å². The molecule has 0 radical (unpaired) electrons.